The van der Waals surface area contributed by atoms with Crippen molar-refractivity contribution in [2.45, 2.75) is 34.5 Å². The Labute approximate surface area is 131 Å². The lowest BCUT2D eigenvalue weighted by atomic mass is 9.93. The summed E-state index contributed by atoms with van der Waals surface area (Å²) in [6.07, 6.45) is -13.5. The summed E-state index contributed by atoms with van der Waals surface area (Å²) in [7, 11) is -0.0568. The normalized spacial score (nSPS) is 19.9. The molecule has 0 N–H and O–H groups in total. The van der Waals surface area contributed by atoms with Crippen molar-refractivity contribution in [3.63, 3.8) is 0 Å². The molecule has 0 saturated heterocycles. The van der Waals surface area contributed by atoms with Gasteiger partial charge in [0.2, 0.25) is 0 Å². The highest BCUT2D eigenvalue weighted by Crippen LogP contribution is 2.55. The summed E-state index contributed by atoms with van der Waals surface area (Å²) >= 11 is 8.06. The van der Waals surface area contributed by atoms with Crippen LogP contribution in [0.4, 0.5) is 43.9 Å². The third kappa shape index (κ3) is 3.64. The van der Waals surface area contributed by atoms with Crippen LogP contribution in [0.2, 0.25) is 0 Å². The second kappa shape index (κ2) is 6.12. The van der Waals surface area contributed by atoms with Gasteiger partial charge in [0.05, 0.1) is 0 Å². The van der Waals surface area contributed by atoms with E-state index in [1.54, 1.807) is 0 Å². The Kier molecular flexibility index (Phi) is 6.00. The molecule has 0 aliphatic carbocycles. The van der Waals surface area contributed by atoms with Crippen molar-refractivity contribution in [3.05, 3.63) is 12.7 Å². The molecular formula is C9H6Cl2F10O2. The zero-order valence-corrected chi connectivity index (χ0v) is 12.1. The number of rotatable bonds is 7. The zero-order chi connectivity index (χ0) is 19.1. The average molecular weight is 407 g/mol. The van der Waals surface area contributed by atoms with Crippen molar-refractivity contribution in [2.24, 2.45) is 0 Å². The van der Waals surface area contributed by atoms with E-state index in [9.17, 15) is 43.9 Å². The molecule has 2 nitrogen and oxygen atoms in total. The van der Waals surface area contributed by atoms with Crippen LogP contribution in [-0.2, 0) is 9.47 Å². The minimum atomic E-state index is -6.54. The highest BCUT2D eigenvalue weighted by molar-refractivity contribution is 6.31. The van der Waals surface area contributed by atoms with E-state index in [1.807, 2.05) is 0 Å². The van der Waals surface area contributed by atoms with Crippen LogP contribution in [0, 0.1) is 0 Å². The molecule has 0 rings (SSSR count). The van der Waals surface area contributed by atoms with Crippen molar-refractivity contribution in [1.29, 1.82) is 0 Å². The van der Waals surface area contributed by atoms with Crippen LogP contribution in [0.15, 0.2) is 12.7 Å². The molecule has 0 spiro atoms. The van der Waals surface area contributed by atoms with Crippen LogP contribution in [0.25, 0.3) is 0 Å². The first kappa shape index (κ1) is 22.5. The van der Waals surface area contributed by atoms with Crippen molar-refractivity contribution in [1.82, 2.24) is 0 Å². The summed E-state index contributed by atoms with van der Waals surface area (Å²) in [4.78, 5) is 0. The van der Waals surface area contributed by atoms with Crippen molar-refractivity contribution >= 4 is 23.2 Å². The smallest absolute Gasteiger partial charge is 0.360 e. The van der Waals surface area contributed by atoms with Gasteiger partial charge in [0, 0.05) is 7.11 Å². The lowest BCUT2D eigenvalue weighted by Crippen LogP contribution is -2.67. The van der Waals surface area contributed by atoms with Gasteiger partial charge in [0.25, 0.3) is 5.60 Å². The van der Waals surface area contributed by atoms with Gasteiger partial charge in [0.1, 0.15) is 0 Å². The highest BCUT2D eigenvalue weighted by atomic mass is 35.5. The molecule has 14 heteroatoms. The van der Waals surface area contributed by atoms with Gasteiger partial charge in [-0.3, -0.25) is 4.74 Å². The molecule has 138 valence electrons. The maximum absolute atomic E-state index is 13.6. The molecule has 0 fully saturated rings. The highest BCUT2D eigenvalue weighted by Gasteiger charge is 2.81. The summed E-state index contributed by atoms with van der Waals surface area (Å²) in [6, 6.07) is 0. The first-order chi connectivity index (χ1) is 9.83. The van der Waals surface area contributed by atoms with Gasteiger partial charge in [-0.15, -0.1) is 0 Å². The topological polar surface area (TPSA) is 18.5 Å². The molecule has 0 bridgehead atoms. The van der Waals surface area contributed by atoms with E-state index in [0.717, 1.165) is 0 Å². The first-order valence-corrected chi connectivity index (χ1v) is 5.74. The minimum Gasteiger partial charge on any atom is -0.360 e. The van der Waals surface area contributed by atoms with Crippen LogP contribution in [0.1, 0.15) is 0 Å². The standard InChI is InChI=1S/C9H6Cl2F10O2/c1-3-4(22-2,8(17,18)19)5(12,13)9(20,21)23-7(11,16)6(10,14)15/h3H,1H2,2H3. The second-order valence-electron chi connectivity index (χ2n) is 3.85. The molecule has 0 aromatic rings. The third-order valence-corrected chi connectivity index (χ3v) is 3.10. The molecule has 0 heterocycles. The molecule has 0 amide bonds. The number of halogens is 12. The zero-order valence-electron chi connectivity index (χ0n) is 10.6. The van der Waals surface area contributed by atoms with Gasteiger partial charge in [-0.25, -0.2) is 0 Å². The van der Waals surface area contributed by atoms with Gasteiger partial charge >= 0.3 is 28.9 Å². The quantitative estimate of drug-likeness (QED) is 0.334. The minimum absolute atomic E-state index is 0.0568. The maximum Gasteiger partial charge on any atom is 0.427 e. The summed E-state index contributed by atoms with van der Waals surface area (Å²) in [5.74, 6) is -6.47. The van der Waals surface area contributed by atoms with Crippen molar-refractivity contribution in [3.8, 4) is 0 Å². The van der Waals surface area contributed by atoms with Gasteiger partial charge in [-0.05, 0) is 29.3 Å². The summed E-state index contributed by atoms with van der Waals surface area (Å²) < 4.78 is 136. The summed E-state index contributed by atoms with van der Waals surface area (Å²) in [6.45, 7) is 2.28. The molecule has 0 saturated carbocycles. The average Bonchev–Trinajstić information content (AvgIpc) is 2.25. The molecular weight excluding hydrogens is 401 g/mol. The molecule has 23 heavy (non-hydrogen) atoms. The number of hydrogen-bond donors (Lipinski definition) is 0. The van der Waals surface area contributed by atoms with Gasteiger partial charge < -0.3 is 4.74 Å². The Balaban J connectivity index is 6.11. The van der Waals surface area contributed by atoms with E-state index in [-0.39, 0.29) is 7.11 Å². The van der Waals surface area contributed by atoms with Crippen LogP contribution in [0.3, 0.4) is 0 Å². The molecule has 0 aromatic carbocycles. The molecule has 0 aliphatic heterocycles. The van der Waals surface area contributed by atoms with Crippen LogP contribution in [0.5, 0.6) is 0 Å². The number of alkyl halides is 12. The molecule has 0 aromatic heterocycles. The van der Waals surface area contributed by atoms with Crippen LogP contribution >= 0.6 is 23.2 Å². The molecule has 0 aliphatic rings. The Hall–Kier alpha value is -0.460. The SMILES string of the molecule is C=CC(OC)(C(F)(F)F)C(F)(F)C(F)(F)OC(F)(Cl)C(F)(F)Cl. The lowest BCUT2D eigenvalue weighted by Gasteiger charge is -2.41. The van der Waals surface area contributed by atoms with Crippen molar-refractivity contribution in [2.75, 3.05) is 7.11 Å². The number of hydrogen-bond acceptors (Lipinski definition) is 2. The van der Waals surface area contributed by atoms with Crippen LogP contribution < -0.4 is 0 Å². The molecule has 2 atom stereocenters. The van der Waals surface area contributed by atoms with Crippen molar-refractivity contribution < 1.29 is 53.4 Å². The number of methoxy groups -OCH3 is 1. The van der Waals surface area contributed by atoms with E-state index in [4.69, 9.17) is 0 Å². The largest absolute Gasteiger partial charge is 0.427 e. The fourth-order valence-electron chi connectivity index (χ4n) is 1.25. The Morgan fingerprint density at radius 1 is 0.870 bits per heavy atom. The van der Waals surface area contributed by atoms with Gasteiger partial charge in [-0.1, -0.05) is 6.58 Å². The van der Waals surface area contributed by atoms with E-state index in [1.165, 1.54) is 0 Å². The predicted molar refractivity (Wildman–Crippen MR) is 57.5 cm³/mol. The maximum atomic E-state index is 13.6. The van der Waals surface area contributed by atoms with E-state index in [2.05, 4.69) is 39.3 Å². The van der Waals surface area contributed by atoms with E-state index in [0.29, 0.717) is 0 Å². The first-order valence-electron chi connectivity index (χ1n) is 4.99. The Morgan fingerprint density at radius 2 is 1.26 bits per heavy atom. The van der Waals surface area contributed by atoms with Gasteiger partial charge in [-0.2, -0.15) is 43.9 Å². The summed E-state index contributed by atoms with van der Waals surface area (Å²) in [5.41, 5.74) is -5.11. The predicted octanol–water partition coefficient (Wildman–Crippen LogP) is 5.06. The molecule has 2 unspecified atom stereocenters. The monoisotopic (exact) mass is 406 g/mol. The Morgan fingerprint density at radius 3 is 1.48 bits per heavy atom. The summed E-state index contributed by atoms with van der Waals surface area (Å²) in [5, 5.41) is -11.0. The third-order valence-electron chi connectivity index (χ3n) is 2.45. The Bertz CT molecular complexity index is 445. The molecule has 0 radical (unpaired) electrons. The second-order valence-corrected chi connectivity index (χ2v) is 4.81. The fourth-order valence-corrected chi connectivity index (χ4v) is 1.38. The van der Waals surface area contributed by atoms with E-state index < -0.39 is 40.6 Å². The fraction of sp³-hybridized carbons (Fsp3) is 0.778. The van der Waals surface area contributed by atoms with Crippen LogP contribution in [-0.4, -0.2) is 41.6 Å². The number of ether oxygens (including phenoxy) is 2. The van der Waals surface area contributed by atoms with Gasteiger partial charge in [0.15, 0.2) is 0 Å². The lowest BCUT2D eigenvalue weighted by molar-refractivity contribution is -0.450. The van der Waals surface area contributed by atoms with E-state index >= 15 is 0 Å².